The fourth-order valence-corrected chi connectivity index (χ4v) is 4.87. The van der Waals surface area contributed by atoms with Crippen molar-refractivity contribution in [3.8, 4) is 0 Å². The van der Waals surface area contributed by atoms with E-state index in [1.165, 1.54) is 27.4 Å². The summed E-state index contributed by atoms with van der Waals surface area (Å²) in [7, 11) is 0. The molecule has 4 aromatic rings. The molecule has 0 radical (unpaired) electrons. The van der Waals surface area contributed by atoms with Crippen molar-refractivity contribution in [3.05, 3.63) is 53.4 Å². The van der Waals surface area contributed by atoms with Gasteiger partial charge in [-0.1, -0.05) is 24.3 Å². The standard InChI is InChI=1S/C21H21N5S/c1-14-13-27-21-19(14)20(23-15(2)24-21)26-9-7-25(8-10-26)18-12-22-11-16-5-3-4-6-17(16)18/h3-6,11-13H,7-10H2,1-2H3. The monoisotopic (exact) mass is 375 g/mol. The zero-order valence-electron chi connectivity index (χ0n) is 15.5. The third-order valence-electron chi connectivity index (χ3n) is 5.28. The first-order valence-corrected chi connectivity index (χ1v) is 10.1. The highest BCUT2D eigenvalue weighted by molar-refractivity contribution is 7.17. The Bertz CT molecular complexity index is 1120. The maximum absolute atomic E-state index is 4.80. The predicted octanol–water partition coefficient (Wildman–Crippen LogP) is 4.18. The maximum atomic E-state index is 4.80. The summed E-state index contributed by atoms with van der Waals surface area (Å²) in [5, 5.41) is 5.86. The molecule has 0 unspecified atom stereocenters. The minimum atomic E-state index is 0.847. The molecule has 5 rings (SSSR count). The van der Waals surface area contributed by atoms with Crippen LogP contribution in [0.25, 0.3) is 21.0 Å². The molecule has 0 bridgehead atoms. The molecule has 0 N–H and O–H groups in total. The lowest BCUT2D eigenvalue weighted by molar-refractivity contribution is 0.649. The zero-order valence-corrected chi connectivity index (χ0v) is 16.3. The summed E-state index contributed by atoms with van der Waals surface area (Å²) in [5.41, 5.74) is 2.49. The van der Waals surface area contributed by atoms with Crippen LogP contribution in [0.1, 0.15) is 11.4 Å². The third-order valence-corrected chi connectivity index (χ3v) is 6.27. The Morgan fingerprint density at radius 3 is 2.56 bits per heavy atom. The average molecular weight is 376 g/mol. The first-order chi connectivity index (χ1) is 13.2. The Morgan fingerprint density at radius 1 is 0.926 bits per heavy atom. The van der Waals surface area contributed by atoms with Crippen LogP contribution in [-0.4, -0.2) is 41.1 Å². The van der Waals surface area contributed by atoms with Crippen LogP contribution in [0.3, 0.4) is 0 Å². The smallest absolute Gasteiger partial charge is 0.141 e. The van der Waals surface area contributed by atoms with Gasteiger partial charge in [-0.2, -0.15) is 0 Å². The first kappa shape index (κ1) is 16.4. The number of piperazine rings is 1. The number of rotatable bonds is 2. The molecule has 27 heavy (non-hydrogen) atoms. The fourth-order valence-electron chi connectivity index (χ4n) is 3.91. The van der Waals surface area contributed by atoms with Crippen LogP contribution in [-0.2, 0) is 0 Å². The normalized spacial score (nSPS) is 15.0. The quantitative estimate of drug-likeness (QED) is 0.526. The highest BCUT2D eigenvalue weighted by atomic mass is 32.1. The number of fused-ring (bicyclic) bond motifs is 2. The summed E-state index contributed by atoms with van der Waals surface area (Å²) >= 11 is 1.71. The number of aryl methyl sites for hydroxylation is 2. The van der Waals surface area contributed by atoms with Crippen LogP contribution in [0.4, 0.5) is 11.5 Å². The van der Waals surface area contributed by atoms with Gasteiger partial charge in [-0.05, 0) is 24.8 Å². The molecule has 1 saturated heterocycles. The van der Waals surface area contributed by atoms with Crippen molar-refractivity contribution in [2.24, 2.45) is 0 Å². The van der Waals surface area contributed by atoms with E-state index in [-0.39, 0.29) is 0 Å². The van der Waals surface area contributed by atoms with Crippen molar-refractivity contribution in [1.29, 1.82) is 0 Å². The number of thiophene rings is 1. The number of pyridine rings is 1. The second-order valence-electron chi connectivity index (χ2n) is 7.05. The van der Waals surface area contributed by atoms with Crippen molar-refractivity contribution in [3.63, 3.8) is 0 Å². The molecule has 136 valence electrons. The lowest BCUT2D eigenvalue weighted by Crippen LogP contribution is -2.47. The number of hydrogen-bond acceptors (Lipinski definition) is 6. The van der Waals surface area contributed by atoms with Crippen molar-refractivity contribution in [1.82, 2.24) is 15.0 Å². The van der Waals surface area contributed by atoms with E-state index in [2.05, 4.69) is 56.3 Å². The minimum absolute atomic E-state index is 0.847. The van der Waals surface area contributed by atoms with Crippen LogP contribution in [0.5, 0.6) is 0 Å². The van der Waals surface area contributed by atoms with Crippen LogP contribution >= 0.6 is 11.3 Å². The minimum Gasteiger partial charge on any atom is -0.366 e. The molecular weight excluding hydrogens is 354 g/mol. The molecule has 1 fully saturated rings. The van der Waals surface area contributed by atoms with Gasteiger partial charge in [-0.15, -0.1) is 11.3 Å². The van der Waals surface area contributed by atoms with Gasteiger partial charge in [0.2, 0.25) is 0 Å². The van der Waals surface area contributed by atoms with Gasteiger partial charge in [0.15, 0.2) is 0 Å². The lowest BCUT2D eigenvalue weighted by Gasteiger charge is -2.37. The highest BCUT2D eigenvalue weighted by Gasteiger charge is 2.23. The molecule has 1 aliphatic rings. The van der Waals surface area contributed by atoms with E-state index in [0.717, 1.165) is 42.7 Å². The van der Waals surface area contributed by atoms with Crippen LogP contribution in [0, 0.1) is 13.8 Å². The van der Waals surface area contributed by atoms with Gasteiger partial charge in [0.05, 0.1) is 17.3 Å². The van der Waals surface area contributed by atoms with Gasteiger partial charge in [0, 0.05) is 43.1 Å². The van der Waals surface area contributed by atoms with E-state index in [0.29, 0.717) is 0 Å². The highest BCUT2D eigenvalue weighted by Crippen LogP contribution is 2.33. The predicted molar refractivity (Wildman–Crippen MR) is 113 cm³/mol. The van der Waals surface area contributed by atoms with E-state index >= 15 is 0 Å². The van der Waals surface area contributed by atoms with Crippen molar-refractivity contribution in [2.75, 3.05) is 36.0 Å². The van der Waals surface area contributed by atoms with E-state index in [4.69, 9.17) is 4.98 Å². The SMILES string of the molecule is Cc1nc(N2CCN(c3cncc4ccccc34)CC2)c2c(C)csc2n1. The molecule has 0 saturated carbocycles. The number of benzene rings is 1. The largest absolute Gasteiger partial charge is 0.366 e. The van der Waals surface area contributed by atoms with Gasteiger partial charge in [0.25, 0.3) is 0 Å². The molecule has 3 aromatic heterocycles. The van der Waals surface area contributed by atoms with Crippen LogP contribution < -0.4 is 9.80 Å². The topological polar surface area (TPSA) is 45.2 Å². The molecule has 0 spiro atoms. The number of hydrogen-bond donors (Lipinski definition) is 0. The first-order valence-electron chi connectivity index (χ1n) is 9.26. The molecule has 6 heteroatoms. The lowest BCUT2D eigenvalue weighted by atomic mass is 10.1. The Kier molecular flexibility index (Phi) is 3.93. The Labute approximate surface area is 162 Å². The average Bonchev–Trinajstić information content (AvgIpc) is 3.07. The fraction of sp³-hybridized carbons (Fsp3) is 0.286. The number of aromatic nitrogens is 3. The van der Waals surface area contributed by atoms with Gasteiger partial charge in [-0.25, -0.2) is 9.97 Å². The summed E-state index contributed by atoms with van der Waals surface area (Å²) in [4.78, 5) is 19.8. The summed E-state index contributed by atoms with van der Waals surface area (Å²) in [6.07, 6.45) is 3.93. The molecule has 5 nitrogen and oxygen atoms in total. The summed E-state index contributed by atoms with van der Waals surface area (Å²) in [5.74, 6) is 1.94. The zero-order chi connectivity index (χ0) is 18.4. The Hall–Kier alpha value is -2.73. The van der Waals surface area contributed by atoms with Crippen molar-refractivity contribution in [2.45, 2.75) is 13.8 Å². The molecule has 4 heterocycles. The summed E-state index contributed by atoms with van der Waals surface area (Å²) in [6.45, 7) is 7.95. The van der Waals surface area contributed by atoms with E-state index in [9.17, 15) is 0 Å². The number of anilines is 2. The second-order valence-corrected chi connectivity index (χ2v) is 7.91. The molecule has 1 aromatic carbocycles. The molecule has 0 aliphatic carbocycles. The Balaban J connectivity index is 1.45. The van der Waals surface area contributed by atoms with E-state index < -0.39 is 0 Å². The molecule has 0 amide bonds. The van der Waals surface area contributed by atoms with Crippen molar-refractivity contribution < 1.29 is 0 Å². The van der Waals surface area contributed by atoms with Gasteiger partial charge in [-0.3, -0.25) is 4.98 Å². The van der Waals surface area contributed by atoms with Gasteiger partial charge in [0.1, 0.15) is 16.5 Å². The van der Waals surface area contributed by atoms with Crippen LogP contribution in [0.2, 0.25) is 0 Å². The molecule has 1 aliphatic heterocycles. The van der Waals surface area contributed by atoms with Gasteiger partial charge >= 0.3 is 0 Å². The third kappa shape index (κ3) is 2.80. The number of nitrogens with zero attached hydrogens (tertiary/aromatic N) is 5. The van der Waals surface area contributed by atoms with Gasteiger partial charge < -0.3 is 9.80 Å². The van der Waals surface area contributed by atoms with Crippen LogP contribution in [0.15, 0.2) is 42.0 Å². The van der Waals surface area contributed by atoms with Crippen molar-refractivity contribution >= 4 is 43.8 Å². The molecule has 0 atom stereocenters. The summed E-state index contributed by atoms with van der Waals surface area (Å²) < 4.78 is 0. The second kappa shape index (κ2) is 6.46. The molecular formula is C21H21N5S. The summed E-state index contributed by atoms with van der Waals surface area (Å²) in [6, 6.07) is 8.48. The van der Waals surface area contributed by atoms with E-state index in [1.807, 2.05) is 19.3 Å². The Morgan fingerprint density at radius 2 is 1.70 bits per heavy atom. The van der Waals surface area contributed by atoms with E-state index in [1.54, 1.807) is 11.3 Å². The maximum Gasteiger partial charge on any atom is 0.141 e.